The maximum atomic E-state index is 12.3. The average molecular weight is 272 g/mol. The molecule has 0 radical (unpaired) electrons. The molecule has 2 atom stereocenters. The molecule has 1 aromatic heterocycles. The van der Waals surface area contributed by atoms with E-state index in [2.05, 4.69) is 24.1 Å². The summed E-state index contributed by atoms with van der Waals surface area (Å²) in [6.07, 6.45) is 2.98. The topological polar surface area (TPSA) is 54.1 Å². The lowest BCUT2D eigenvalue weighted by molar-refractivity contribution is -0.0942. The van der Waals surface area contributed by atoms with E-state index in [1.165, 1.54) is 0 Å². The fourth-order valence-corrected chi connectivity index (χ4v) is 2.97. The van der Waals surface area contributed by atoms with Crippen molar-refractivity contribution in [2.75, 3.05) is 7.11 Å². The standard InChI is InChI=1S/C16H20N2O2/c1-16(2)13(9-14(16)20-3)18-15(19)11-4-5-12-10(8-11)6-7-17-12/h4-8,13-14,17H,9H2,1-3H3,(H,18,19). The molecule has 2 N–H and O–H groups in total. The third-order valence-corrected chi connectivity index (χ3v) is 4.58. The summed E-state index contributed by atoms with van der Waals surface area (Å²) in [4.78, 5) is 15.5. The molecule has 4 nitrogen and oxygen atoms in total. The molecular formula is C16H20N2O2. The van der Waals surface area contributed by atoms with Crippen LogP contribution < -0.4 is 5.32 Å². The van der Waals surface area contributed by atoms with E-state index < -0.39 is 0 Å². The zero-order valence-electron chi connectivity index (χ0n) is 12.1. The molecule has 4 heteroatoms. The molecule has 1 fully saturated rings. The van der Waals surface area contributed by atoms with E-state index in [0.717, 1.165) is 17.3 Å². The van der Waals surface area contributed by atoms with E-state index in [1.807, 2.05) is 30.5 Å². The molecule has 1 aliphatic carbocycles. The van der Waals surface area contributed by atoms with Crippen LogP contribution in [-0.4, -0.2) is 30.1 Å². The molecular weight excluding hydrogens is 252 g/mol. The summed E-state index contributed by atoms with van der Waals surface area (Å²) in [6, 6.07) is 7.85. The number of fused-ring (bicyclic) bond motifs is 1. The van der Waals surface area contributed by atoms with Crippen LogP contribution in [0.15, 0.2) is 30.5 Å². The Kier molecular flexibility index (Phi) is 3.05. The van der Waals surface area contributed by atoms with E-state index in [1.54, 1.807) is 7.11 Å². The maximum Gasteiger partial charge on any atom is 0.251 e. The molecule has 1 heterocycles. The number of aromatic amines is 1. The average Bonchev–Trinajstić information content (AvgIpc) is 2.89. The smallest absolute Gasteiger partial charge is 0.251 e. The summed E-state index contributed by atoms with van der Waals surface area (Å²) in [7, 11) is 1.73. The third-order valence-electron chi connectivity index (χ3n) is 4.58. The second kappa shape index (κ2) is 4.63. The van der Waals surface area contributed by atoms with Crippen LogP contribution in [0, 0.1) is 5.41 Å². The Balaban J connectivity index is 1.73. The van der Waals surface area contributed by atoms with Crippen LogP contribution in [0.25, 0.3) is 10.9 Å². The summed E-state index contributed by atoms with van der Waals surface area (Å²) in [5.74, 6) is -0.0132. The highest BCUT2D eigenvalue weighted by atomic mass is 16.5. The van der Waals surface area contributed by atoms with Gasteiger partial charge in [-0.25, -0.2) is 0 Å². The van der Waals surface area contributed by atoms with Crippen molar-refractivity contribution >= 4 is 16.8 Å². The van der Waals surface area contributed by atoms with Crippen molar-refractivity contribution in [3.63, 3.8) is 0 Å². The zero-order valence-corrected chi connectivity index (χ0v) is 12.1. The van der Waals surface area contributed by atoms with Crippen LogP contribution >= 0.6 is 0 Å². The molecule has 1 amide bonds. The number of aromatic nitrogens is 1. The highest BCUT2D eigenvalue weighted by molar-refractivity contribution is 5.98. The fraction of sp³-hybridized carbons (Fsp3) is 0.438. The van der Waals surface area contributed by atoms with Gasteiger partial charge in [0.2, 0.25) is 0 Å². The first kappa shape index (κ1) is 13.2. The van der Waals surface area contributed by atoms with Crippen molar-refractivity contribution in [3.8, 4) is 0 Å². The van der Waals surface area contributed by atoms with E-state index >= 15 is 0 Å². The van der Waals surface area contributed by atoms with E-state index in [0.29, 0.717) is 5.56 Å². The molecule has 0 bridgehead atoms. The van der Waals surface area contributed by atoms with Crippen molar-refractivity contribution in [1.29, 1.82) is 0 Å². The number of methoxy groups -OCH3 is 1. The largest absolute Gasteiger partial charge is 0.381 e. The van der Waals surface area contributed by atoms with Crippen LogP contribution in [0.2, 0.25) is 0 Å². The minimum atomic E-state index is -0.0132. The van der Waals surface area contributed by atoms with Crippen molar-refractivity contribution in [3.05, 3.63) is 36.0 Å². The zero-order chi connectivity index (χ0) is 14.3. The van der Waals surface area contributed by atoms with Gasteiger partial charge in [-0.2, -0.15) is 0 Å². The minimum Gasteiger partial charge on any atom is -0.381 e. The predicted molar refractivity (Wildman–Crippen MR) is 78.7 cm³/mol. The number of H-pyrrole nitrogens is 1. The van der Waals surface area contributed by atoms with Gasteiger partial charge >= 0.3 is 0 Å². The lowest BCUT2D eigenvalue weighted by atomic mass is 9.64. The second-order valence-corrected chi connectivity index (χ2v) is 6.09. The van der Waals surface area contributed by atoms with Gasteiger partial charge in [0, 0.05) is 41.2 Å². The van der Waals surface area contributed by atoms with Crippen molar-refractivity contribution in [2.24, 2.45) is 5.41 Å². The summed E-state index contributed by atoms with van der Waals surface area (Å²) < 4.78 is 5.41. The number of hydrogen-bond acceptors (Lipinski definition) is 2. The van der Waals surface area contributed by atoms with Gasteiger partial charge in [0.05, 0.1) is 6.10 Å². The third kappa shape index (κ3) is 2.00. The quantitative estimate of drug-likeness (QED) is 0.902. The first-order chi connectivity index (χ1) is 9.52. The lowest BCUT2D eigenvalue weighted by Crippen LogP contribution is -2.61. The summed E-state index contributed by atoms with van der Waals surface area (Å²) >= 11 is 0. The van der Waals surface area contributed by atoms with Crippen LogP contribution in [0.1, 0.15) is 30.6 Å². The lowest BCUT2D eigenvalue weighted by Gasteiger charge is -2.51. The molecule has 1 aliphatic rings. The maximum absolute atomic E-state index is 12.3. The van der Waals surface area contributed by atoms with Crippen LogP contribution in [0.3, 0.4) is 0 Å². The Labute approximate surface area is 118 Å². The van der Waals surface area contributed by atoms with Crippen LogP contribution in [0.5, 0.6) is 0 Å². The highest BCUT2D eigenvalue weighted by Gasteiger charge is 2.49. The monoisotopic (exact) mass is 272 g/mol. The van der Waals surface area contributed by atoms with Gasteiger partial charge in [-0.1, -0.05) is 13.8 Å². The van der Waals surface area contributed by atoms with Gasteiger partial charge in [0.15, 0.2) is 0 Å². The Morgan fingerprint density at radius 3 is 2.90 bits per heavy atom. The predicted octanol–water partition coefficient (Wildman–Crippen LogP) is 2.71. The number of nitrogens with one attached hydrogen (secondary N) is 2. The van der Waals surface area contributed by atoms with Gasteiger partial charge < -0.3 is 15.0 Å². The van der Waals surface area contributed by atoms with Crippen molar-refractivity contribution in [2.45, 2.75) is 32.4 Å². The van der Waals surface area contributed by atoms with E-state index in [9.17, 15) is 4.79 Å². The minimum absolute atomic E-state index is 0.0113. The van der Waals surface area contributed by atoms with Crippen molar-refractivity contribution < 1.29 is 9.53 Å². The van der Waals surface area contributed by atoms with Crippen molar-refractivity contribution in [1.82, 2.24) is 10.3 Å². The molecule has 2 unspecified atom stereocenters. The molecule has 1 aromatic carbocycles. The van der Waals surface area contributed by atoms with Crippen LogP contribution in [0.4, 0.5) is 0 Å². The summed E-state index contributed by atoms with van der Waals surface area (Å²) in [6.45, 7) is 4.26. The molecule has 3 rings (SSSR count). The Morgan fingerprint density at radius 1 is 1.40 bits per heavy atom. The normalized spacial score (nSPS) is 24.4. The molecule has 0 spiro atoms. The molecule has 0 aliphatic heterocycles. The molecule has 0 saturated heterocycles. The molecule has 106 valence electrons. The van der Waals surface area contributed by atoms with Gasteiger partial charge in [0.1, 0.15) is 0 Å². The van der Waals surface area contributed by atoms with Gasteiger partial charge in [-0.15, -0.1) is 0 Å². The fourth-order valence-electron chi connectivity index (χ4n) is 2.97. The van der Waals surface area contributed by atoms with E-state index in [-0.39, 0.29) is 23.5 Å². The van der Waals surface area contributed by atoms with Gasteiger partial charge in [-0.3, -0.25) is 4.79 Å². The van der Waals surface area contributed by atoms with Crippen LogP contribution in [-0.2, 0) is 4.74 Å². The highest BCUT2D eigenvalue weighted by Crippen LogP contribution is 2.42. The second-order valence-electron chi connectivity index (χ2n) is 6.09. The Morgan fingerprint density at radius 2 is 2.20 bits per heavy atom. The van der Waals surface area contributed by atoms with Gasteiger partial charge in [0.25, 0.3) is 5.91 Å². The number of hydrogen-bond donors (Lipinski definition) is 2. The van der Waals surface area contributed by atoms with Gasteiger partial charge in [-0.05, 0) is 30.7 Å². The molecule has 2 aromatic rings. The Hall–Kier alpha value is -1.81. The Bertz CT molecular complexity index is 645. The SMILES string of the molecule is COC1CC(NC(=O)c2ccc3[nH]ccc3c2)C1(C)C. The first-order valence-electron chi connectivity index (χ1n) is 6.93. The summed E-state index contributed by atoms with van der Waals surface area (Å²) in [5.41, 5.74) is 1.74. The number of ether oxygens (including phenoxy) is 1. The number of carbonyl (C=O) groups is 1. The number of amides is 1. The first-order valence-corrected chi connectivity index (χ1v) is 6.93. The van der Waals surface area contributed by atoms with E-state index in [4.69, 9.17) is 4.74 Å². The molecule has 1 saturated carbocycles. The number of carbonyl (C=O) groups excluding carboxylic acids is 1. The number of rotatable bonds is 3. The summed E-state index contributed by atoms with van der Waals surface area (Å²) in [5, 5.41) is 4.17. The number of benzene rings is 1. The molecule has 20 heavy (non-hydrogen) atoms.